The lowest BCUT2D eigenvalue weighted by Crippen LogP contribution is -2.33. The average Bonchev–Trinajstić information content (AvgIpc) is 2.43. The van der Waals surface area contributed by atoms with E-state index in [-0.39, 0.29) is 19.1 Å². The fraction of sp³-hybridized carbons (Fsp3) is 0.231. The van der Waals surface area contributed by atoms with Gasteiger partial charge in [0, 0.05) is 23.7 Å². The molecule has 0 spiro atoms. The lowest BCUT2D eigenvalue weighted by molar-refractivity contribution is 0.0803. The molecule has 2 rings (SSSR count). The average molecular weight is 246 g/mol. The largest absolute Gasteiger partial charge is 0.394 e. The molecule has 0 aliphatic heterocycles. The van der Waals surface area contributed by atoms with Crippen LogP contribution in [-0.4, -0.2) is 40.4 Å². The van der Waals surface area contributed by atoms with E-state index >= 15 is 0 Å². The molecule has 0 bridgehead atoms. The molecule has 5 heteroatoms. The second-order valence-corrected chi connectivity index (χ2v) is 3.92. The molecule has 1 heterocycles. The molecule has 1 amide bonds. The number of pyridine rings is 1. The van der Waals surface area contributed by atoms with Crippen LogP contribution in [0, 0.1) is 0 Å². The summed E-state index contributed by atoms with van der Waals surface area (Å²) in [5.41, 5.74) is 1.25. The maximum absolute atomic E-state index is 11.9. The molecular weight excluding hydrogens is 232 g/mol. The van der Waals surface area contributed by atoms with Crippen LogP contribution in [0.25, 0.3) is 10.9 Å². The molecule has 1 unspecified atom stereocenters. The Labute approximate surface area is 104 Å². The SMILES string of the molecule is O=C(NCC(O)CO)c1cccc2ncccc12. The molecule has 94 valence electrons. The highest BCUT2D eigenvalue weighted by Gasteiger charge is 2.11. The molecular formula is C13H14N2O3. The van der Waals surface area contributed by atoms with Gasteiger partial charge in [-0.3, -0.25) is 9.78 Å². The molecule has 2 aromatic rings. The highest BCUT2D eigenvalue weighted by atomic mass is 16.3. The number of fused-ring (bicyclic) bond motifs is 1. The molecule has 1 aromatic carbocycles. The van der Waals surface area contributed by atoms with Gasteiger partial charge in [0.15, 0.2) is 0 Å². The minimum absolute atomic E-state index is 0.0198. The summed E-state index contributed by atoms with van der Waals surface area (Å²) in [6, 6.07) is 8.87. The number of rotatable bonds is 4. The first-order valence-corrected chi connectivity index (χ1v) is 5.63. The van der Waals surface area contributed by atoms with Crippen LogP contribution >= 0.6 is 0 Å². The van der Waals surface area contributed by atoms with Crippen molar-refractivity contribution < 1.29 is 15.0 Å². The van der Waals surface area contributed by atoms with Crippen molar-refractivity contribution in [2.45, 2.75) is 6.10 Å². The van der Waals surface area contributed by atoms with Crippen molar-refractivity contribution in [2.24, 2.45) is 0 Å². The molecule has 1 atom stereocenters. The van der Waals surface area contributed by atoms with Crippen LogP contribution < -0.4 is 5.32 Å². The third-order valence-electron chi connectivity index (χ3n) is 2.60. The van der Waals surface area contributed by atoms with Crippen LogP contribution in [0.15, 0.2) is 36.5 Å². The summed E-state index contributed by atoms with van der Waals surface area (Å²) in [6.45, 7) is -0.358. The zero-order valence-corrected chi connectivity index (χ0v) is 9.71. The molecule has 0 saturated heterocycles. The zero-order valence-electron chi connectivity index (χ0n) is 9.71. The van der Waals surface area contributed by atoms with E-state index in [0.717, 1.165) is 10.9 Å². The minimum atomic E-state index is -0.943. The summed E-state index contributed by atoms with van der Waals surface area (Å²) in [4.78, 5) is 16.1. The van der Waals surface area contributed by atoms with E-state index in [1.807, 2.05) is 12.1 Å². The number of aromatic nitrogens is 1. The monoisotopic (exact) mass is 246 g/mol. The van der Waals surface area contributed by atoms with Gasteiger partial charge in [-0.2, -0.15) is 0 Å². The minimum Gasteiger partial charge on any atom is -0.394 e. The van der Waals surface area contributed by atoms with Gasteiger partial charge in [-0.25, -0.2) is 0 Å². The van der Waals surface area contributed by atoms with Gasteiger partial charge in [0.25, 0.3) is 5.91 Å². The van der Waals surface area contributed by atoms with Crippen LogP contribution in [0.4, 0.5) is 0 Å². The number of carbonyl (C=O) groups is 1. The summed E-state index contributed by atoms with van der Waals surface area (Å²) in [5, 5.41) is 21.2. The number of aliphatic hydroxyl groups excluding tert-OH is 2. The van der Waals surface area contributed by atoms with Crippen molar-refractivity contribution in [1.82, 2.24) is 10.3 Å². The van der Waals surface area contributed by atoms with Crippen LogP contribution in [-0.2, 0) is 0 Å². The molecule has 0 saturated carbocycles. The molecule has 0 aliphatic carbocycles. The van der Waals surface area contributed by atoms with Crippen molar-refractivity contribution in [1.29, 1.82) is 0 Å². The molecule has 18 heavy (non-hydrogen) atoms. The summed E-state index contributed by atoms with van der Waals surface area (Å²) in [7, 11) is 0. The first-order chi connectivity index (χ1) is 8.72. The van der Waals surface area contributed by atoms with Gasteiger partial charge in [0.2, 0.25) is 0 Å². The summed E-state index contributed by atoms with van der Waals surface area (Å²) < 4.78 is 0. The van der Waals surface area contributed by atoms with Crippen molar-refractivity contribution in [3.63, 3.8) is 0 Å². The van der Waals surface area contributed by atoms with E-state index in [2.05, 4.69) is 10.3 Å². The van der Waals surface area contributed by atoms with Gasteiger partial charge in [0.05, 0.1) is 18.2 Å². The Bertz CT molecular complexity index is 551. The van der Waals surface area contributed by atoms with Gasteiger partial charge in [-0.15, -0.1) is 0 Å². The second kappa shape index (κ2) is 5.57. The number of aliphatic hydroxyl groups is 2. The smallest absolute Gasteiger partial charge is 0.252 e. The Morgan fingerprint density at radius 3 is 2.94 bits per heavy atom. The molecule has 1 aromatic heterocycles. The third kappa shape index (κ3) is 2.64. The number of nitrogens with zero attached hydrogens (tertiary/aromatic N) is 1. The third-order valence-corrected chi connectivity index (χ3v) is 2.60. The first-order valence-electron chi connectivity index (χ1n) is 5.63. The van der Waals surface area contributed by atoms with Gasteiger partial charge in [0.1, 0.15) is 0 Å². The van der Waals surface area contributed by atoms with Gasteiger partial charge < -0.3 is 15.5 Å². The van der Waals surface area contributed by atoms with Crippen LogP contribution in [0.3, 0.4) is 0 Å². The first kappa shape index (κ1) is 12.5. The molecule has 5 nitrogen and oxygen atoms in total. The van der Waals surface area contributed by atoms with Crippen LogP contribution in [0.1, 0.15) is 10.4 Å². The van der Waals surface area contributed by atoms with E-state index < -0.39 is 6.10 Å². The van der Waals surface area contributed by atoms with Gasteiger partial charge in [-0.05, 0) is 18.2 Å². The van der Waals surface area contributed by atoms with Gasteiger partial charge in [-0.1, -0.05) is 12.1 Å². The highest BCUT2D eigenvalue weighted by molar-refractivity contribution is 6.06. The predicted octanol–water partition coefficient (Wildman–Crippen LogP) is 0.318. The standard InChI is InChI=1S/C13H14N2O3/c16-8-9(17)7-15-13(18)11-3-1-5-12-10(11)4-2-6-14-12/h1-6,9,16-17H,7-8H2,(H,15,18). The van der Waals surface area contributed by atoms with E-state index in [0.29, 0.717) is 5.56 Å². The maximum atomic E-state index is 11.9. The lowest BCUT2D eigenvalue weighted by Gasteiger charge is -2.10. The molecule has 0 aliphatic rings. The number of hydrogen-bond donors (Lipinski definition) is 3. The molecule has 0 radical (unpaired) electrons. The van der Waals surface area contributed by atoms with Crippen molar-refractivity contribution in [3.8, 4) is 0 Å². The van der Waals surface area contributed by atoms with E-state index in [9.17, 15) is 9.90 Å². The summed E-state index contributed by atoms with van der Waals surface area (Å²) >= 11 is 0. The van der Waals surface area contributed by atoms with Crippen molar-refractivity contribution in [3.05, 3.63) is 42.1 Å². The van der Waals surface area contributed by atoms with Crippen molar-refractivity contribution >= 4 is 16.8 Å². The van der Waals surface area contributed by atoms with Crippen molar-refractivity contribution in [2.75, 3.05) is 13.2 Å². The number of nitrogens with one attached hydrogen (secondary N) is 1. The summed E-state index contributed by atoms with van der Waals surface area (Å²) in [5.74, 6) is -0.291. The topological polar surface area (TPSA) is 82.5 Å². The molecule has 0 fully saturated rings. The predicted molar refractivity (Wildman–Crippen MR) is 67.2 cm³/mol. The normalized spacial score (nSPS) is 12.3. The van der Waals surface area contributed by atoms with E-state index in [4.69, 9.17) is 5.11 Å². The van der Waals surface area contributed by atoms with Crippen LogP contribution in [0.2, 0.25) is 0 Å². The Morgan fingerprint density at radius 1 is 1.33 bits per heavy atom. The maximum Gasteiger partial charge on any atom is 0.252 e. The Kier molecular flexibility index (Phi) is 3.86. The number of benzene rings is 1. The second-order valence-electron chi connectivity index (χ2n) is 3.92. The number of amides is 1. The van der Waals surface area contributed by atoms with Crippen LogP contribution in [0.5, 0.6) is 0 Å². The van der Waals surface area contributed by atoms with E-state index in [1.165, 1.54) is 0 Å². The number of carbonyl (C=O) groups excluding carboxylic acids is 1. The fourth-order valence-corrected chi connectivity index (χ4v) is 1.67. The number of hydrogen-bond acceptors (Lipinski definition) is 4. The van der Waals surface area contributed by atoms with Gasteiger partial charge >= 0.3 is 0 Å². The Balaban J connectivity index is 2.22. The fourth-order valence-electron chi connectivity index (χ4n) is 1.67. The zero-order chi connectivity index (χ0) is 13.0. The molecule has 3 N–H and O–H groups in total. The summed E-state index contributed by atoms with van der Waals surface area (Å²) in [6.07, 6.45) is 0.724. The Hall–Kier alpha value is -1.98. The Morgan fingerprint density at radius 2 is 2.17 bits per heavy atom. The van der Waals surface area contributed by atoms with E-state index in [1.54, 1.807) is 24.4 Å². The lowest BCUT2D eigenvalue weighted by atomic mass is 10.1. The highest BCUT2D eigenvalue weighted by Crippen LogP contribution is 2.16. The quantitative estimate of drug-likeness (QED) is 0.725.